The summed E-state index contributed by atoms with van der Waals surface area (Å²) in [5.41, 5.74) is 0.174. The molecule has 0 aromatic heterocycles. The maximum atomic E-state index is 13.0. The number of hydrogen-bond donors (Lipinski definition) is 0. The highest BCUT2D eigenvalue weighted by atomic mass is 19.1. The molecule has 14 heavy (non-hydrogen) atoms. The molecule has 0 fully saturated rings. The molecule has 0 atom stereocenters. The van der Waals surface area contributed by atoms with Crippen LogP contribution < -0.4 is 4.74 Å². The monoisotopic (exact) mass is 199 g/mol. The smallest absolute Gasteiger partial charge is 0.235 e. The first kappa shape index (κ1) is 10.3. The zero-order valence-electron chi connectivity index (χ0n) is 7.38. The van der Waals surface area contributed by atoms with Crippen LogP contribution in [0.25, 0.3) is 0 Å². The van der Waals surface area contributed by atoms with E-state index >= 15 is 0 Å². The molecule has 0 radical (unpaired) electrons. The molecular weight excluding hydrogens is 192 g/mol. The lowest BCUT2D eigenvalue weighted by molar-refractivity contribution is 0.379. The molecule has 3 nitrogen and oxygen atoms in total. The fraction of sp³-hybridized carbons (Fsp3) is 0.222. The molecule has 1 aromatic carbocycles. The molecule has 0 heterocycles. The van der Waals surface area contributed by atoms with Gasteiger partial charge in [-0.25, -0.2) is 18.6 Å². The fourth-order valence-corrected chi connectivity index (χ4v) is 1.08. The Morgan fingerprint density at radius 3 is 2.79 bits per heavy atom. The summed E-state index contributed by atoms with van der Waals surface area (Å²) in [7, 11) is 1.25. The fourth-order valence-electron chi connectivity index (χ4n) is 1.08. The Bertz CT molecular complexity index is 387. The molecule has 0 saturated carbocycles. The van der Waals surface area contributed by atoms with Crippen LogP contribution in [0.4, 0.5) is 8.78 Å². The van der Waals surface area contributed by atoms with Crippen molar-refractivity contribution in [3.05, 3.63) is 29.3 Å². The SMILES string of the molecule is COc1c(F)cc(F)cc1CN=C=O. The topological polar surface area (TPSA) is 38.7 Å². The quantitative estimate of drug-likeness (QED) is 0.550. The summed E-state index contributed by atoms with van der Waals surface area (Å²) in [4.78, 5) is 13.0. The Morgan fingerprint density at radius 2 is 2.21 bits per heavy atom. The Morgan fingerprint density at radius 1 is 1.50 bits per heavy atom. The first-order chi connectivity index (χ1) is 6.69. The zero-order chi connectivity index (χ0) is 10.6. The molecule has 0 aliphatic heterocycles. The van der Waals surface area contributed by atoms with Crippen molar-refractivity contribution >= 4 is 6.08 Å². The minimum atomic E-state index is -0.816. The molecule has 0 aliphatic carbocycles. The maximum absolute atomic E-state index is 13.0. The van der Waals surface area contributed by atoms with Gasteiger partial charge in [0.25, 0.3) is 0 Å². The van der Waals surface area contributed by atoms with Crippen molar-refractivity contribution in [3.63, 3.8) is 0 Å². The van der Waals surface area contributed by atoms with Crippen LogP contribution in [0.5, 0.6) is 5.75 Å². The van der Waals surface area contributed by atoms with E-state index in [2.05, 4.69) is 4.99 Å². The molecular formula is C9H7F2NO2. The number of carbonyl (C=O) groups excluding carboxylic acids is 1. The Balaban J connectivity index is 3.17. The summed E-state index contributed by atoms with van der Waals surface area (Å²) < 4.78 is 30.5. The summed E-state index contributed by atoms with van der Waals surface area (Å²) in [6.45, 7) is -0.151. The molecule has 1 rings (SSSR count). The summed E-state index contributed by atoms with van der Waals surface area (Å²) in [5.74, 6) is -1.66. The van der Waals surface area contributed by atoms with Gasteiger partial charge in [0.1, 0.15) is 5.82 Å². The van der Waals surface area contributed by atoms with Gasteiger partial charge in [0.2, 0.25) is 6.08 Å². The summed E-state index contributed by atoms with van der Waals surface area (Å²) >= 11 is 0. The predicted octanol–water partition coefficient (Wildman–Crippen LogP) is 1.81. The molecule has 1 aromatic rings. The average Bonchev–Trinajstić information content (AvgIpc) is 2.14. The number of aliphatic imine (C=N–C) groups is 1. The van der Waals surface area contributed by atoms with E-state index < -0.39 is 11.6 Å². The number of ether oxygens (including phenoxy) is 1. The van der Waals surface area contributed by atoms with E-state index in [0.717, 1.165) is 6.07 Å². The number of hydrogen-bond acceptors (Lipinski definition) is 3. The van der Waals surface area contributed by atoms with Crippen LogP contribution in [-0.4, -0.2) is 13.2 Å². The number of halogens is 2. The number of isocyanates is 1. The van der Waals surface area contributed by atoms with Gasteiger partial charge in [-0.05, 0) is 6.07 Å². The van der Waals surface area contributed by atoms with Crippen molar-refractivity contribution in [3.8, 4) is 5.75 Å². The largest absolute Gasteiger partial charge is 0.493 e. The normalized spacial score (nSPS) is 9.36. The number of rotatable bonds is 3. The van der Waals surface area contributed by atoms with Crippen molar-refractivity contribution in [2.45, 2.75) is 6.54 Å². The van der Waals surface area contributed by atoms with E-state index in [0.29, 0.717) is 6.07 Å². The Hall–Kier alpha value is -1.74. The maximum Gasteiger partial charge on any atom is 0.235 e. The second kappa shape index (κ2) is 4.48. The van der Waals surface area contributed by atoms with Gasteiger partial charge in [-0.15, -0.1) is 0 Å². The first-order valence-corrected chi connectivity index (χ1v) is 3.74. The molecule has 0 N–H and O–H groups in total. The second-order valence-corrected chi connectivity index (χ2v) is 2.49. The van der Waals surface area contributed by atoms with Gasteiger partial charge in [0, 0.05) is 11.6 Å². The minimum absolute atomic E-state index is 0.106. The van der Waals surface area contributed by atoms with Crippen molar-refractivity contribution in [1.29, 1.82) is 0 Å². The molecule has 0 amide bonds. The number of benzene rings is 1. The lowest BCUT2D eigenvalue weighted by atomic mass is 10.2. The van der Waals surface area contributed by atoms with Crippen LogP contribution in [0, 0.1) is 11.6 Å². The lowest BCUT2D eigenvalue weighted by Gasteiger charge is -2.06. The van der Waals surface area contributed by atoms with Crippen molar-refractivity contribution in [1.82, 2.24) is 0 Å². The van der Waals surface area contributed by atoms with Crippen LogP contribution in [0.3, 0.4) is 0 Å². The van der Waals surface area contributed by atoms with E-state index in [9.17, 15) is 13.6 Å². The highest BCUT2D eigenvalue weighted by Crippen LogP contribution is 2.24. The molecule has 0 aliphatic rings. The Labute approximate surface area is 79.0 Å². The van der Waals surface area contributed by atoms with E-state index in [4.69, 9.17) is 4.74 Å². The van der Waals surface area contributed by atoms with Crippen LogP contribution in [0.1, 0.15) is 5.56 Å². The standard InChI is InChI=1S/C9H7F2NO2/c1-14-9-6(4-12-5-13)2-7(10)3-8(9)11/h2-3H,4H2,1H3. The third-order valence-corrected chi connectivity index (χ3v) is 1.60. The van der Waals surface area contributed by atoms with Gasteiger partial charge >= 0.3 is 0 Å². The zero-order valence-corrected chi connectivity index (χ0v) is 7.38. The van der Waals surface area contributed by atoms with Crippen LogP contribution in [0.15, 0.2) is 17.1 Å². The molecule has 0 spiro atoms. The van der Waals surface area contributed by atoms with E-state index in [-0.39, 0.29) is 17.9 Å². The van der Waals surface area contributed by atoms with Gasteiger partial charge < -0.3 is 4.74 Å². The highest BCUT2D eigenvalue weighted by molar-refractivity contribution is 5.38. The minimum Gasteiger partial charge on any atom is -0.493 e. The van der Waals surface area contributed by atoms with Crippen LogP contribution >= 0.6 is 0 Å². The van der Waals surface area contributed by atoms with Gasteiger partial charge in [-0.1, -0.05) is 0 Å². The average molecular weight is 199 g/mol. The van der Waals surface area contributed by atoms with Crippen molar-refractivity contribution in [2.24, 2.45) is 4.99 Å². The third kappa shape index (κ3) is 2.14. The van der Waals surface area contributed by atoms with Gasteiger partial charge in [0.15, 0.2) is 11.6 Å². The molecule has 0 saturated heterocycles. The lowest BCUT2D eigenvalue weighted by Crippen LogP contribution is -1.96. The van der Waals surface area contributed by atoms with Gasteiger partial charge in [0.05, 0.1) is 13.7 Å². The van der Waals surface area contributed by atoms with Crippen LogP contribution in [-0.2, 0) is 11.3 Å². The van der Waals surface area contributed by atoms with Crippen LogP contribution in [0.2, 0.25) is 0 Å². The summed E-state index contributed by atoms with van der Waals surface area (Å²) in [6, 6.07) is 1.76. The van der Waals surface area contributed by atoms with E-state index in [1.165, 1.54) is 13.2 Å². The van der Waals surface area contributed by atoms with E-state index in [1.807, 2.05) is 0 Å². The highest BCUT2D eigenvalue weighted by Gasteiger charge is 2.10. The predicted molar refractivity (Wildman–Crippen MR) is 44.7 cm³/mol. The van der Waals surface area contributed by atoms with Crippen molar-refractivity contribution in [2.75, 3.05) is 7.11 Å². The van der Waals surface area contributed by atoms with Gasteiger partial charge in [-0.3, -0.25) is 0 Å². The third-order valence-electron chi connectivity index (χ3n) is 1.60. The van der Waals surface area contributed by atoms with Gasteiger partial charge in [-0.2, -0.15) is 0 Å². The molecule has 0 unspecified atom stereocenters. The number of nitrogens with zero attached hydrogens (tertiary/aromatic N) is 1. The first-order valence-electron chi connectivity index (χ1n) is 3.74. The molecule has 5 heteroatoms. The summed E-state index contributed by atoms with van der Waals surface area (Å²) in [5, 5.41) is 0. The van der Waals surface area contributed by atoms with Crippen molar-refractivity contribution < 1.29 is 18.3 Å². The molecule has 74 valence electrons. The van der Waals surface area contributed by atoms with E-state index in [1.54, 1.807) is 0 Å². The Kier molecular flexibility index (Phi) is 3.31. The number of methoxy groups -OCH3 is 1. The molecule has 0 bridgehead atoms. The summed E-state index contributed by atoms with van der Waals surface area (Å²) in [6.07, 6.45) is 1.28. The second-order valence-electron chi connectivity index (χ2n) is 2.49.